The number of aromatic nitrogens is 1. The lowest BCUT2D eigenvalue weighted by molar-refractivity contribution is 0.273. The van der Waals surface area contributed by atoms with E-state index in [-0.39, 0.29) is 0 Å². The molecule has 60 valence electrons. The molecule has 1 aromatic rings. The van der Waals surface area contributed by atoms with Gasteiger partial charge in [0, 0.05) is 17.9 Å². The summed E-state index contributed by atoms with van der Waals surface area (Å²) in [6.07, 6.45) is 1.12. The minimum atomic E-state index is 0.321. The van der Waals surface area contributed by atoms with Crippen LogP contribution in [-0.4, -0.2) is 16.7 Å². The lowest BCUT2D eigenvalue weighted by atomic mass is 10.3. The number of nitrogens with zero attached hydrogens (tertiary/aromatic N) is 1. The third-order valence-corrected chi connectivity index (χ3v) is 2.97. The second-order valence-electron chi connectivity index (χ2n) is 3.08. The van der Waals surface area contributed by atoms with Crippen LogP contribution >= 0.6 is 11.3 Å². The average molecular weight is 169 g/mol. The van der Waals surface area contributed by atoms with Crippen molar-refractivity contribution in [2.75, 3.05) is 6.61 Å². The predicted molar refractivity (Wildman–Crippen MR) is 44.8 cm³/mol. The third-order valence-electron chi connectivity index (χ3n) is 2.17. The second-order valence-corrected chi connectivity index (χ2v) is 4.14. The van der Waals surface area contributed by atoms with Gasteiger partial charge >= 0.3 is 0 Å². The highest BCUT2D eigenvalue weighted by Crippen LogP contribution is 2.46. The molecule has 1 N–H and O–H groups in total. The van der Waals surface area contributed by atoms with E-state index in [2.05, 4.69) is 10.4 Å². The van der Waals surface area contributed by atoms with E-state index >= 15 is 0 Å². The molecule has 1 aromatic heterocycles. The van der Waals surface area contributed by atoms with Gasteiger partial charge < -0.3 is 5.11 Å². The predicted octanol–water partition coefficient (Wildman–Crippen LogP) is 1.55. The lowest BCUT2D eigenvalue weighted by Gasteiger charge is -1.89. The number of aliphatic hydroxyl groups excluding tert-OH is 1. The van der Waals surface area contributed by atoms with Gasteiger partial charge in [-0.25, -0.2) is 4.98 Å². The molecule has 1 fully saturated rings. The molecule has 2 nitrogen and oxygen atoms in total. The van der Waals surface area contributed by atoms with Crippen molar-refractivity contribution >= 4 is 11.3 Å². The standard InChI is InChI=1S/C8H11NOS/c1-5-9-8(4-11-5)7-2-6(7)3-10/h4,6-7,10H,2-3H2,1H3. The van der Waals surface area contributed by atoms with Crippen molar-refractivity contribution < 1.29 is 5.11 Å². The maximum atomic E-state index is 8.82. The summed E-state index contributed by atoms with van der Waals surface area (Å²) >= 11 is 1.69. The summed E-state index contributed by atoms with van der Waals surface area (Å²) in [6, 6.07) is 0. The fraction of sp³-hybridized carbons (Fsp3) is 0.625. The normalized spacial score (nSPS) is 28.9. The topological polar surface area (TPSA) is 33.1 Å². The molecular weight excluding hydrogens is 158 g/mol. The Morgan fingerprint density at radius 1 is 1.82 bits per heavy atom. The molecule has 2 unspecified atom stereocenters. The third kappa shape index (κ3) is 1.30. The van der Waals surface area contributed by atoms with Gasteiger partial charge in [0.15, 0.2) is 0 Å². The molecule has 1 saturated carbocycles. The van der Waals surface area contributed by atoms with Crippen molar-refractivity contribution in [1.29, 1.82) is 0 Å². The highest BCUT2D eigenvalue weighted by molar-refractivity contribution is 7.09. The SMILES string of the molecule is Cc1nc(C2CC2CO)cs1. The molecular formula is C8H11NOS. The zero-order valence-electron chi connectivity index (χ0n) is 6.45. The molecule has 0 aromatic carbocycles. The van der Waals surface area contributed by atoms with Gasteiger partial charge in [-0.2, -0.15) is 0 Å². The largest absolute Gasteiger partial charge is 0.396 e. The Morgan fingerprint density at radius 3 is 3.09 bits per heavy atom. The molecule has 0 amide bonds. The minimum absolute atomic E-state index is 0.321. The van der Waals surface area contributed by atoms with Crippen LogP contribution in [0, 0.1) is 12.8 Å². The molecule has 2 rings (SSSR count). The zero-order chi connectivity index (χ0) is 7.84. The lowest BCUT2D eigenvalue weighted by Crippen LogP contribution is -1.88. The number of aryl methyl sites for hydroxylation is 1. The number of hydrogen-bond donors (Lipinski definition) is 1. The highest BCUT2D eigenvalue weighted by Gasteiger charge is 2.39. The van der Waals surface area contributed by atoms with Crippen molar-refractivity contribution in [2.24, 2.45) is 5.92 Å². The molecule has 11 heavy (non-hydrogen) atoms. The molecule has 0 spiro atoms. The monoisotopic (exact) mass is 169 g/mol. The van der Waals surface area contributed by atoms with Crippen LogP contribution in [0.3, 0.4) is 0 Å². The summed E-state index contributed by atoms with van der Waals surface area (Å²) in [5.74, 6) is 1.06. The Hall–Kier alpha value is -0.410. The van der Waals surface area contributed by atoms with E-state index in [9.17, 15) is 0 Å². The van der Waals surface area contributed by atoms with Crippen LogP contribution in [-0.2, 0) is 0 Å². The van der Waals surface area contributed by atoms with Gasteiger partial charge in [-0.15, -0.1) is 11.3 Å². The summed E-state index contributed by atoms with van der Waals surface area (Å²) in [5, 5.41) is 12.1. The average Bonchev–Trinajstić information content (AvgIpc) is 2.68. The molecule has 1 aliphatic rings. The number of hydrogen-bond acceptors (Lipinski definition) is 3. The van der Waals surface area contributed by atoms with Crippen molar-refractivity contribution in [1.82, 2.24) is 4.98 Å². The van der Waals surface area contributed by atoms with Crippen molar-refractivity contribution in [3.8, 4) is 0 Å². The van der Waals surface area contributed by atoms with Crippen LogP contribution in [0.4, 0.5) is 0 Å². The van der Waals surface area contributed by atoms with E-state index in [1.165, 1.54) is 5.69 Å². The van der Waals surface area contributed by atoms with E-state index in [1.54, 1.807) is 11.3 Å². The quantitative estimate of drug-likeness (QED) is 0.728. The number of aliphatic hydroxyl groups is 1. The van der Waals surface area contributed by atoms with Crippen LogP contribution in [0.2, 0.25) is 0 Å². The first-order valence-corrected chi connectivity index (χ1v) is 4.72. The summed E-state index contributed by atoms with van der Waals surface area (Å²) in [7, 11) is 0. The van der Waals surface area contributed by atoms with Gasteiger partial charge in [0.05, 0.1) is 10.7 Å². The van der Waals surface area contributed by atoms with Crippen LogP contribution in [0.15, 0.2) is 5.38 Å². The Labute approximate surface area is 69.9 Å². The van der Waals surface area contributed by atoms with Gasteiger partial charge in [-0.1, -0.05) is 0 Å². The summed E-state index contributed by atoms with van der Waals surface area (Å²) in [6.45, 7) is 2.34. The summed E-state index contributed by atoms with van der Waals surface area (Å²) < 4.78 is 0. The van der Waals surface area contributed by atoms with E-state index in [4.69, 9.17) is 5.11 Å². The van der Waals surface area contributed by atoms with E-state index < -0.39 is 0 Å². The first-order valence-electron chi connectivity index (χ1n) is 3.84. The molecule has 1 heterocycles. The van der Waals surface area contributed by atoms with Crippen LogP contribution < -0.4 is 0 Å². The highest BCUT2D eigenvalue weighted by atomic mass is 32.1. The second kappa shape index (κ2) is 2.57. The summed E-state index contributed by atoms with van der Waals surface area (Å²) in [4.78, 5) is 4.38. The van der Waals surface area contributed by atoms with Gasteiger partial charge in [0.25, 0.3) is 0 Å². The fourth-order valence-electron chi connectivity index (χ4n) is 1.36. The fourth-order valence-corrected chi connectivity index (χ4v) is 2.04. The molecule has 0 aliphatic heterocycles. The maximum absolute atomic E-state index is 8.82. The van der Waals surface area contributed by atoms with Crippen LogP contribution in [0.25, 0.3) is 0 Å². The molecule has 2 atom stereocenters. The Kier molecular flexibility index (Phi) is 1.69. The molecule has 0 bridgehead atoms. The first-order chi connectivity index (χ1) is 5.31. The molecule has 3 heteroatoms. The van der Waals surface area contributed by atoms with Crippen LogP contribution in [0.5, 0.6) is 0 Å². The Morgan fingerprint density at radius 2 is 2.64 bits per heavy atom. The molecule has 0 saturated heterocycles. The number of thiazole rings is 1. The molecule has 0 radical (unpaired) electrons. The van der Waals surface area contributed by atoms with Gasteiger partial charge in [0.2, 0.25) is 0 Å². The number of rotatable bonds is 2. The van der Waals surface area contributed by atoms with Gasteiger partial charge in [0.1, 0.15) is 0 Å². The van der Waals surface area contributed by atoms with Crippen molar-refractivity contribution in [2.45, 2.75) is 19.3 Å². The van der Waals surface area contributed by atoms with E-state index in [0.717, 1.165) is 11.4 Å². The minimum Gasteiger partial charge on any atom is -0.396 e. The van der Waals surface area contributed by atoms with Gasteiger partial charge in [-0.05, 0) is 19.3 Å². The Balaban J connectivity index is 2.08. The van der Waals surface area contributed by atoms with E-state index in [1.807, 2.05) is 6.92 Å². The van der Waals surface area contributed by atoms with Gasteiger partial charge in [-0.3, -0.25) is 0 Å². The van der Waals surface area contributed by atoms with Crippen molar-refractivity contribution in [3.63, 3.8) is 0 Å². The van der Waals surface area contributed by atoms with Crippen molar-refractivity contribution in [3.05, 3.63) is 16.1 Å². The Bertz CT molecular complexity index is 258. The summed E-state index contributed by atoms with van der Waals surface area (Å²) in [5.41, 5.74) is 1.19. The molecule has 1 aliphatic carbocycles. The maximum Gasteiger partial charge on any atom is 0.0897 e. The van der Waals surface area contributed by atoms with E-state index in [0.29, 0.717) is 18.4 Å². The zero-order valence-corrected chi connectivity index (χ0v) is 7.27. The first kappa shape index (κ1) is 7.25. The van der Waals surface area contributed by atoms with Crippen LogP contribution in [0.1, 0.15) is 23.0 Å². The smallest absolute Gasteiger partial charge is 0.0897 e.